The van der Waals surface area contributed by atoms with Crippen LogP contribution in [0, 0.1) is 17.8 Å². The second kappa shape index (κ2) is 8.03. The molecule has 0 aliphatic heterocycles. The molecule has 1 amide bonds. The predicted molar refractivity (Wildman–Crippen MR) is 91.9 cm³/mol. The molecule has 4 heteroatoms. The van der Waals surface area contributed by atoms with Crippen LogP contribution in [0.25, 0.3) is 0 Å². The van der Waals surface area contributed by atoms with Crippen molar-refractivity contribution in [2.75, 3.05) is 6.61 Å². The number of amides is 1. The van der Waals surface area contributed by atoms with E-state index in [0.717, 1.165) is 5.56 Å². The number of rotatable bonds is 5. The summed E-state index contributed by atoms with van der Waals surface area (Å²) in [5, 5.41) is 12.7. The SMILES string of the molecule is CC#C[C@](C)(NC(=O)OC(C)(C)C)[C@H](CO)Cc1ccccc1. The minimum Gasteiger partial charge on any atom is -0.444 e. The summed E-state index contributed by atoms with van der Waals surface area (Å²) in [5.41, 5.74) is -0.373. The lowest BCUT2D eigenvalue weighted by atomic mass is 9.82. The fourth-order valence-corrected chi connectivity index (χ4v) is 2.36. The standard InChI is InChI=1S/C19H27NO3/c1-6-12-19(5,20-17(22)23-18(2,3)4)16(14-21)13-15-10-8-7-9-11-15/h7-11,16,21H,13-14H2,1-5H3,(H,20,22)/t16-,19-/m0/s1. The highest BCUT2D eigenvalue weighted by atomic mass is 16.6. The van der Waals surface area contributed by atoms with Crippen LogP contribution in [0.1, 0.15) is 40.2 Å². The van der Waals surface area contributed by atoms with Gasteiger partial charge in [0.2, 0.25) is 0 Å². The van der Waals surface area contributed by atoms with Crippen LogP contribution < -0.4 is 5.32 Å². The van der Waals surface area contributed by atoms with Crippen LogP contribution in [-0.2, 0) is 11.2 Å². The number of aliphatic hydroxyl groups excluding tert-OH is 1. The summed E-state index contributed by atoms with van der Waals surface area (Å²) in [6.07, 6.45) is 0.0764. The van der Waals surface area contributed by atoms with E-state index in [2.05, 4.69) is 17.2 Å². The van der Waals surface area contributed by atoms with Crippen LogP contribution in [0.5, 0.6) is 0 Å². The zero-order valence-electron chi connectivity index (χ0n) is 14.6. The molecule has 2 N–H and O–H groups in total. The van der Waals surface area contributed by atoms with Gasteiger partial charge >= 0.3 is 6.09 Å². The fourth-order valence-electron chi connectivity index (χ4n) is 2.36. The molecular formula is C19H27NO3. The molecule has 0 heterocycles. The fraction of sp³-hybridized carbons (Fsp3) is 0.526. The normalized spacial score (nSPS) is 14.9. The van der Waals surface area contributed by atoms with Crippen LogP contribution in [-0.4, -0.2) is 28.9 Å². The van der Waals surface area contributed by atoms with E-state index in [1.165, 1.54) is 0 Å². The van der Waals surface area contributed by atoms with Crippen LogP contribution >= 0.6 is 0 Å². The van der Waals surface area contributed by atoms with Crippen LogP contribution in [0.2, 0.25) is 0 Å². The number of aliphatic hydroxyl groups is 1. The van der Waals surface area contributed by atoms with E-state index in [4.69, 9.17) is 4.74 Å². The molecule has 0 fully saturated rings. The third-order valence-electron chi connectivity index (χ3n) is 3.51. The summed E-state index contributed by atoms with van der Waals surface area (Å²) in [5.74, 6) is 5.63. The molecule has 0 saturated heterocycles. The molecule has 23 heavy (non-hydrogen) atoms. The van der Waals surface area contributed by atoms with Crippen molar-refractivity contribution in [2.24, 2.45) is 5.92 Å². The maximum Gasteiger partial charge on any atom is 0.408 e. The largest absolute Gasteiger partial charge is 0.444 e. The number of nitrogens with one attached hydrogen (secondary N) is 1. The van der Waals surface area contributed by atoms with Gasteiger partial charge < -0.3 is 15.2 Å². The second-order valence-electron chi connectivity index (χ2n) is 6.77. The number of hydrogen-bond acceptors (Lipinski definition) is 3. The molecule has 0 radical (unpaired) electrons. The summed E-state index contributed by atoms with van der Waals surface area (Å²) >= 11 is 0. The van der Waals surface area contributed by atoms with Gasteiger partial charge in [0.05, 0.1) is 0 Å². The van der Waals surface area contributed by atoms with Crippen LogP contribution in [0.3, 0.4) is 0 Å². The zero-order chi connectivity index (χ0) is 17.5. The Labute approximate surface area is 139 Å². The summed E-state index contributed by atoms with van der Waals surface area (Å²) in [6.45, 7) is 8.87. The van der Waals surface area contributed by atoms with Gasteiger partial charge in [-0.2, -0.15) is 0 Å². The molecule has 0 aliphatic rings. The smallest absolute Gasteiger partial charge is 0.408 e. The average molecular weight is 317 g/mol. The number of carbonyl (C=O) groups is 1. The Morgan fingerprint density at radius 3 is 2.35 bits per heavy atom. The van der Waals surface area contributed by atoms with E-state index < -0.39 is 17.2 Å². The lowest BCUT2D eigenvalue weighted by Crippen LogP contribution is -2.53. The maximum absolute atomic E-state index is 12.1. The summed E-state index contributed by atoms with van der Waals surface area (Å²) in [4.78, 5) is 12.1. The van der Waals surface area contributed by atoms with Gasteiger partial charge in [-0.15, -0.1) is 5.92 Å². The van der Waals surface area contributed by atoms with Crippen molar-refractivity contribution in [3.05, 3.63) is 35.9 Å². The first kappa shape index (κ1) is 19.1. The number of alkyl carbamates (subject to hydrolysis) is 1. The monoisotopic (exact) mass is 317 g/mol. The molecule has 0 aromatic heterocycles. The quantitative estimate of drug-likeness (QED) is 0.820. The first-order chi connectivity index (χ1) is 10.7. The molecule has 1 aromatic rings. The zero-order valence-corrected chi connectivity index (χ0v) is 14.6. The molecule has 0 saturated carbocycles. The van der Waals surface area contributed by atoms with E-state index in [-0.39, 0.29) is 12.5 Å². The number of carbonyl (C=O) groups excluding carboxylic acids is 1. The van der Waals surface area contributed by atoms with E-state index in [9.17, 15) is 9.90 Å². The molecular weight excluding hydrogens is 290 g/mol. The van der Waals surface area contributed by atoms with E-state index in [0.29, 0.717) is 6.42 Å². The van der Waals surface area contributed by atoms with Gasteiger partial charge in [0.1, 0.15) is 11.1 Å². The summed E-state index contributed by atoms with van der Waals surface area (Å²) < 4.78 is 5.33. The highest BCUT2D eigenvalue weighted by Gasteiger charge is 2.35. The minimum absolute atomic E-state index is 0.0874. The second-order valence-corrected chi connectivity index (χ2v) is 6.77. The Hall–Kier alpha value is -1.99. The molecule has 0 bridgehead atoms. The van der Waals surface area contributed by atoms with Gasteiger partial charge in [0.25, 0.3) is 0 Å². The molecule has 126 valence electrons. The van der Waals surface area contributed by atoms with Crippen molar-refractivity contribution in [1.29, 1.82) is 0 Å². The van der Waals surface area contributed by atoms with Crippen molar-refractivity contribution in [2.45, 2.75) is 52.2 Å². The number of benzene rings is 1. The highest BCUT2D eigenvalue weighted by Crippen LogP contribution is 2.22. The lowest BCUT2D eigenvalue weighted by Gasteiger charge is -2.34. The molecule has 0 unspecified atom stereocenters. The van der Waals surface area contributed by atoms with Crippen molar-refractivity contribution >= 4 is 6.09 Å². The van der Waals surface area contributed by atoms with E-state index in [1.54, 1.807) is 6.92 Å². The lowest BCUT2D eigenvalue weighted by molar-refractivity contribution is 0.0438. The average Bonchev–Trinajstić information content (AvgIpc) is 2.43. The topological polar surface area (TPSA) is 58.6 Å². The van der Waals surface area contributed by atoms with Crippen LogP contribution in [0.4, 0.5) is 4.79 Å². The van der Waals surface area contributed by atoms with Gasteiger partial charge in [-0.3, -0.25) is 0 Å². The van der Waals surface area contributed by atoms with Gasteiger partial charge in [-0.1, -0.05) is 36.3 Å². The number of hydrogen-bond donors (Lipinski definition) is 2. The van der Waals surface area contributed by atoms with Crippen molar-refractivity contribution in [3.63, 3.8) is 0 Å². The van der Waals surface area contributed by atoms with Crippen LogP contribution in [0.15, 0.2) is 30.3 Å². The van der Waals surface area contributed by atoms with E-state index >= 15 is 0 Å². The van der Waals surface area contributed by atoms with Crippen molar-refractivity contribution in [3.8, 4) is 11.8 Å². The Balaban J connectivity index is 2.95. The van der Waals surface area contributed by atoms with Gasteiger partial charge in [0, 0.05) is 12.5 Å². The highest BCUT2D eigenvalue weighted by molar-refractivity contribution is 5.69. The summed E-state index contributed by atoms with van der Waals surface area (Å²) in [7, 11) is 0. The molecule has 0 aliphatic carbocycles. The minimum atomic E-state index is -0.873. The van der Waals surface area contributed by atoms with Crippen molar-refractivity contribution < 1.29 is 14.6 Å². The molecule has 4 nitrogen and oxygen atoms in total. The molecule has 2 atom stereocenters. The van der Waals surface area contributed by atoms with Gasteiger partial charge in [-0.25, -0.2) is 4.79 Å². The molecule has 1 aromatic carbocycles. The van der Waals surface area contributed by atoms with Crippen molar-refractivity contribution in [1.82, 2.24) is 5.32 Å². The third kappa shape index (κ3) is 6.33. The third-order valence-corrected chi connectivity index (χ3v) is 3.51. The number of ether oxygens (including phenoxy) is 1. The van der Waals surface area contributed by atoms with E-state index in [1.807, 2.05) is 58.0 Å². The first-order valence-electron chi connectivity index (χ1n) is 7.80. The predicted octanol–water partition coefficient (Wildman–Crippen LogP) is 3.14. The van der Waals surface area contributed by atoms with Gasteiger partial charge in [0.15, 0.2) is 0 Å². The molecule has 1 rings (SSSR count). The summed E-state index contributed by atoms with van der Waals surface area (Å²) in [6, 6.07) is 9.84. The Morgan fingerprint density at radius 1 is 1.26 bits per heavy atom. The Kier molecular flexibility index (Phi) is 6.65. The first-order valence-corrected chi connectivity index (χ1v) is 7.80. The molecule has 0 spiro atoms. The Bertz CT molecular complexity index is 566. The maximum atomic E-state index is 12.1. The Morgan fingerprint density at radius 2 is 1.87 bits per heavy atom. The van der Waals surface area contributed by atoms with Gasteiger partial charge in [-0.05, 0) is 46.6 Å².